The van der Waals surface area contributed by atoms with Gasteiger partial charge in [0.2, 0.25) is 0 Å². The summed E-state index contributed by atoms with van der Waals surface area (Å²) in [6.45, 7) is 0.583. The number of benzene rings is 1. The molecule has 0 amide bonds. The second kappa shape index (κ2) is 5.43. The molecule has 1 aliphatic rings. The molecule has 94 valence electrons. The maximum absolute atomic E-state index is 13.3. The molecule has 1 aliphatic carbocycles. The zero-order valence-corrected chi connectivity index (χ0v) is 9.61. The Morgan fingerprint density at radius 1 is 1.06 bits per heavy atom. The van der Waals surface area contributed by atoms with Crippen molar-refractivity contribution in [2.75, 3.05) is 11.9 Å². The molecule has 2 rings (SSSR count). The number of hydrogen-bond donors (Lipinski definition) is 1. The minimum Gasteiger partial charge on any atom is -0.382 e. The van der Waals surface area contributed by atoms with Crippen LogP contribution >= 0.6 is 0 Å². The zero-order valence-electron chi connectivity index (χ0n) is 9.61. The lowest BCUT2D eigenvalue weighted by Crippen LogP contribution is -2.18. The summed E-state index contributed by atoms with van der Waals surface area (Å²) in [6, 6.07) is 1.56. The van der Waals surface area contributed by atoms with Crippen LogP contribution in [0.3, 0.4) is 0 Å². The van der Waals surface area contributed by atoms with Crippen molar-refractivity contribution in [1.29, 1.82) is 0 Å². The van der Waals surface area contributed by atoms with Crippen molar-refractivity contribution in [2.45, 2.75) is 32.1 Å². The average molecular weight is 243 g/mol. The number of anilines is 1. The molecule has 1 saturated carbocycles. The third-order valence-electron chi connectivity index (χ3n) is 3.30. The number of nitrogens with one attached hydrogen (secondary N) is 1. The largest absolute Gasteiger partial charge is 0.382 e. The van der Waals surface area contributed by atoms with Gasteiger partial charge >= 0.3 is 0 Å². The van der Waals surface area contributed by atoms with Crippen LogP contribution in [0.4, 0.5) is 18.9 Å². The summed E-state index contributed by atoms with van der Waals surface area (Å²) < 4.78 is 39.2. The summed E-state index contributed by atoms with van der Waals surface area (Å²) in [7, 11) is 0. The van der Waals surface area contributed by atoms with E-state index in [2.05, 4.69) is 5.32 Å². The Morgan fingerprint density at radius 3 is 2.47 bits per heavy atom. The molecule has 0 spiro atoms. The van der Waals surface area contributed by atoms with E-state index in [1.54, 1.807) is 0 Å². The maximum Gasteiger partial charge on any atom is 0.182 e. The molecule has 0 heterocycles. The van der Waals surface area contributed by atoms with E-state index in [-0.39, 0.29) is 5.69 Å². The smallest absolute Gasteiger partial charge is 0.182 e. The summed E-state index contributed by atoms with van der Waals surface area (Å²) >= 11 is 0. The average Bonchev–Trinajstić information content (AvgIpc) is 2.33. The lowest BCUT2D eigenvalue weighted by Gasteiger charge is -2.22. The van der Waals surface area contributed by atoms with Gasteiger partial charge in [-0.25, -0.2) is 13.2 Å². The van der Waals surface area contributed by atoms with E-state index in [9.17, 15) is 13.2 Å². The highest BCUT2D eigenvalue weighted by Gasteiger charge is 2.15. The van der Waals surface area contributed by atoms with Crippen LogP contribution in [0, 0.1) is 23.4 Å². The molecule has 17 heavy (non-hydrogen) atoms. The number of rotatable bonds is 3. The number of halogens is 3. The minimum absolute atomic E-state index is 0.0759. The first-order chi connectivity index (χ1) is 8.16. The molecule has 0 saturated heterocycles. The first kappa shape index (κ1) is 12.3. The first-order valence-electron chi connectivity index (χ1n) is 6.05. The monoisotopic (exact) mass is 243 g/mol. The normalized spacial score (nSPS) is 17.1. The second-order valence-electron chi connectivity index (χ2n) is 4.63. The fourth-order valence-electron chi connectivity index (χ4n) is 2.33. The Morgan fingerprint density at radius 2 is 1.76 bits per heavy atom. The van der Waals surface area contributed by atoms with Crippen molar-refractivity contribution in [3.63, 3.8) is 0 Å². The molecule has 0 unspecified atom stereocenters. The topological polar surface area (TPSA) is 12.0 Å². The van der Waals surface area contributed by atoms with Gasteiger partial charge in [-0.05, 0) is 18.8 Å². The Kier molecular flexibility index (Phi) is 3.92. The van der Waals surface area contributed by atoms with E-state index < -0.39 is 17.5 Å². The highest BCUT2D eigenvalue weighted by atomic mass is 19.2. The van der Waals surface area contributed by atoms with Crippen LogP contribution in [0.25, 0.3) is 0 Å². The van der Waals surface area contributed by atoms with Crippen LogP contribution in [-0.2, 0) is 0 Å². The van der Waals surface area contributed by atoms with Crippen LogP contribution in [0.1, 0.15) is 32.1 Å². The van der Waals surface area contributed by atoms with Gasteiger partial charge in [0.25, 0.3) is 0 Å². The molecule has 1 aromatic rings. The SMILES string of the molecule is Fc1cc(F)c(F)c(NCC2CCCCC2)c1. The van der Waals surface area contributed by atoms with Gasteiger partial charge in [-0.3, -0.25) is 0 Å². The number of hydrogen-bond acceptors (Lipinski definition) is 1. The molecule has 1 aromatic carbocycles. The summed E-state index contributed by atoms with van der Waals surface area (Å²) in [5, 5.41) is 2.81. The molecule has 1 nitrogen and oxygen atoms in total. The fourth-order valence-corrected chi connectivity index (χ4v) is 2.33. The molecule has 0 radical (unpaired) electrons. The predicted octanol–water partition coefficient (Wildman–Crippen LogP) is 4.10. The van der Waals surface area contributed by atoms with Crippen molar-refractivity contribution >= 4 is 5.69 Å². The molecular formula is C13H16F3N. The van der Waals surface area contributed by atoms with Crippen molar-refractivity contribution in [1.82, 2.24) is 0 Å². The van der Waals surface area contributed by atoms with E-state index in [1.165, 1.54) is 19.3 Å². The molecule has 4 heteroatoms. The van der Waals surface area contributed by atoms with Crippen LogP contribution in [0.2, 0.25) is 0 Å². The molecule has 0 bridgehead atoms. The van der Waals surface area contributed by atoms with Crippen molar-refractivity contribution in [3.8, 4) is 0 Å². The van der Waals surface area contributed by atoms with Crippen LogP contribution in [0.5, 0.6) is 0 Å². The van der Waals surface area contributed by atoms with Crippen LogP contribution in [0.15, 0.2) is 12.1 Å². The molecular weight excluding hydrogens is 227 g/mol. The Bertz CT molecular complexity index is 386. The van der Waals surface area contributed by atoms with Crippen LogP contribution in [-0.4, -0.2) is 6.54 Å². The molecule has 0 aliphatic heterocycles. The standard InChI is InChI=1S/C13H16F3N/c14-10-6-11(15)13(16)12(7-10)17-8-9-4-2-1-3-5-9/h6-7,9,17H,1-5,8H2. The summed E-state index contributed by atoms with van der Waals surface area (Å²) in [6.07, 6.45) is 5.83. The second-order valence-corrected chi connectivity index (χ2v) is 4.63. The summed E-state index contributed by atoms with van der Waals surface area (Å²) in [5.74, 6) is -2.41. The van der Waals surface area contributed by atoms with E-state index in [0.717, 1.165) is 18.9 Å². The lowest BCUT2D eigenvalue weighted by molar-refractivity contribution is 0.372. The summed E-state index contributed by atoms with van der Waals surface area (Å²) in [4.78, 5) is 0. The third kappa shape index (κ3) is 3.14. The quantitative estimate of drug-likeness (QED) is 0.788. The van der Waals surface area contributed by atoms with Gasteiger partial charge in [-0.15, -0.1) is 0 Å². The maximum atomic E-state index is 13.3. The van der Waals surface area contributed by atoms with Crippen LogP contribution < -0.4 is 5.32 Å². The Balaban J connectivity index is 1.98. The van der Waals surface area contributed by atoms with Gasteiger partial charge in [0, 0.05) is 18.7 Å². The van der Waals surface area contributed by atoms with Crippen molar-refractivity contribution < 1.29 is 13.2 Å². The van der Waals surface area contributed by atoms with Crippen molar-refractivity contribution in [2.24, 2.45) is 5.92 Å². The van der Waals surface area contributed by atoms with Gasteiger partial charge in [-0.2, -0.15) is 0 Å². The highest BCUT2D eigenvalue weighted by Crippen LogP contribution is 2.25. The lowest BCUT2D eigenvalue weighted by atomic mass is 9.89. The molecule has 0 aromatic heterocycles. The Labute approximate surface area is 99.0 Å². The van der Waals surface area contributed by atoms with E-state index >= 15 is 0 Å². The molecule has 0 atom stereocenters. The Hall–Kier alpha value is -1.19. The predicted molar refractivity (Wildman–Crippen MR) is 61.4 cm³/mol. The third-order valence-corrected chi connectivity index (χ3v) is 3.30. The first-order valence-corrected chi connectivity index (χ1v) is 6.05. The van der Waals surface area contributed by atoms with E-state index in [0.29, 0.717) is 18.5 Å². The molecule has 1 fully saturated rings. The van der Waals surface area contributed by atoms with E-state index in [1.807, 2.05) is 0 Å². The molecule has 1 N–H and O–H groups in total. The van der Waals surface area contributed by atoms with Crippen molar-refractivity contribution in [3.05, 3.63) is 29.6 Å². The zero-order chi connectivity index (χ0) is 12.3. The van der Waals surface area contributed by atoms with Gasteiger partial charge in [0.15, 0.2) is 11.6 Å². The van der Waals surface area contributed by atoms with Gasteiger partial charge in [0.05, 0.1) is 5.69 Å². The van der Waals surface area contributed by atoms with Gasteiger partial charge in [-0.1, -0.05) is 19.3 Å². The van der Waals surface area contributed by atoms with Gasteiger partial charge in [0.1, 0.15) is 5.82 Å². The highest BCUT2D eigenvalue weighted by molar-refractivity contribution is 5.45. The fraction of sp³-hybridized carbons (Fsp3) is 0.538. The van der Waals surface area contributed by atoms with Gasteiger partial charge < -0.3 is 5.32 Å². The minimum atomic E-state index is -1.14. The van der Waals surface area contributed by atoms with E-state index in [4.69, 9.17) is 0 Å². The summed E-state index contributed by atoms with van der Waals surface area (Å²) in [5.41, 5.74) is -0.0759.